The summed E-state index contributed by atoms with van der Waals surface area (Å²) in [6, 6.07) is 3.30. The van der Waals surface area contributed by atoms with Crippen molar-refractivity contribution in [1.29, 1.82) is 0 Å². The Balaban J connectivity index is 3.08. The summed E-state index contributed by atoms with van der Waals surface area (Å²) in [6.07, 6.45) is 0. The van der Waals surface area contributed by atoms with Crippen LogP contribution in [0.25, 0.3) is 0 Å². The molecule has 12 heavy (non-hydrogen) atoms. The highest BCUT2D eigenvalue weighted by atomic mass is 127. The van der Waals surface area contributed by atoms with Crippen molar-refractivity contribution in [3.63, 3.8) is 0 Å². The molecular weight excluding hydrogens is 293 g/mol. The highest BCUT2D eigenvalue weighted by Gasteiger charge is 2.09. The molecule has 0 fully saturated rings. The molecule has 0 atom stereocenters. The lowest BCUT2D eigenvalue weighted by Crippen LogP contribution is -1.95. The highest BCUT2D eigenvalue weighted by Crippen LogP contribution is 2.28. The van der Waals surface area contributed by atoms with Gasteiger partial charge in [-0.2, -0.15) is 0 Å². The summed E-state index contributed by atoms with van der Waals surface area (Å²) in [5.74, 6) is -0.270. The van der Waals surface area contributed by atoms with Crippen LogP contribution in [0.4, 0.5) is 4.39 Å². The average molecular weight is 300 g/mol. The molecule has 0 bridgehead atoms. The van der Waals surface area contributed by atoms with E-state index in [-0.39, 0.29) is 10.8 Å². The van der Waals surface area contributed by atoms with Crippen LogP contribution in [0.3, 0.4) is 0 Å². The van der Waals surface area contributed by atoms with Gasteiger partial charge >= 0.3 is 0 Å². The normalized spacial score (nSPS) is 10.0. The van der Waals surface area contributed by atoms with Crippen LogP contribution in [0, 0.1) is 9.39 Å². The lowest BCUT2D eigenvalue weighted by atomic mass is 10.3. The molecule has 0 N–H and O–H groups in total. The molecule has 0 amide bonds. The van der Waals surface area contributed by atoms with E-state index < -0.39 is 5.82 Å². The van der Waals surface area contributed by atoms with E-state index in [4.69, 9.17) is 16.3 Å². The van der Waals surface area contributed by atoms with Gasteiger partial charge < -0.3 is 4.74 Å². The fourth-order valence-electron chi connectivity index (χ4n) is 0.775. The Labute approximate surface area is 89.0 Å². The van der Waals surface area contributed by atoms with Gasteiger partial charge in [0, 0.05) is 3.57 Å². The molecule has 1 aromatic rings. The van der Waals surface area contributed by atoms with Gasteiger partial charge in [-0.15, -0.1) is 0 Å². The van der Waals surface area contributed by atoms with Gasteiger partial charge in [-0.05, 0) is 41.6 Å². The van der Waals surface area contributed by atoms with Gasteiger partial charge in [0.25, 0.3) is 0 Å². The van der Waals surface area contributed by atoms with E-state index in [1.54, 1.807) is 19.1 Å². The quantitative estimate of drug-likeness (QED) is 0.600. The van der Waals surface area contributed by atoms with E-state index in [0.29, 0.717) is 10.2 Å². The third kappa shape index (κ3) is 2.01. The van der Waals surface area contributed by atoms with Crippen LogP contribution >= 0.6 is 34.2 Å². The molecule has 0 aliphatic heterocycles. The first-order valence-electron chi connectivity index (χ1n) is 3.43. The molecule has 66 valence electrons. The summed E-state index contributed by atoms with van der Waals surface area (Å²) in [5.41, 5.74) is 0. The number of hydrogen-bond acceptors (Lipinski definition) is 1. The number of ether oxygens (including phenoxy) is 1. The van der Waals surface area contributed by atoms with Crippen LogP contribution in [0.1, 0.15) is 6.92 Å². The minimum Gasteiger partial charge on any atom is -0.491 e. The molecule has 1 aromatic carbocycles. The molecular formula is C8H7ClFIO. The largest absolute Gasteiger partial charge is 0.491 e. The number of hydrogen-bond donors (Lipinski definition) is 0. The number of halogens is 3. The second-order valence-corrected chi connectivity index (χ2v) is 3.65. The monoisotopic (exact) mass is 300 g/mol. The molecule has 0 aliphatic rings. The fourth-order valence-corrected chi connectivity index (χ4v) is 1.35. The molecule has 0 saturated heterocycles. The van der Waals surface area contributed by atoms with Gasteiger partial charge in [0.05, 0.1) is 11.6 Å². The Kier molecular flexibility index (Phi) is 3.58. The van der Waals surface area contributed by atoms with Crippen LogP contribution in [0.2, 0.25) is 5.02 Å². The Hall–Kier alpha value is -0.0300. The first-order chi connectivity index (χ1) is 5.66. The van der Waals surface area contributed by atoms with Gasteiger partial charge in [-0.3, -0.25) is 0 Å². The van der Waals surface area contributed by atoms with Crippen molar-refractivity contribution in [3.05, 3.63) is 26.5 Å². The summed E-state index contributed by atoms with van der Waals surface area (Å²) in [6.45, 7) is 2.24. The van der Waals surface area contributed by atoms with E-state index in [1.165, 1.54) is 0 Å². The first kappa shape index (κ1) is 10.1. The Morgan fingerprint density at radius 3 is 2.83 bits per heavy atom. The maximum Gasteiger partial charge on any atom is 0.184 e. The van der Waals surface area contributed by atoms with Crippen molar-refractivity contribution in [3.8, 4) is 5.75 Å². The van der Waals surface area contributed by atoms with Crippen molar-refractivity contribution >= 4 is 34.2 Å². The van der Waals surface area contributed by atoms with Gasteiger partial charge in [-0.25, -0.2) is 4.39 Å². The van der Waals surface area contributed by atoms with Crippen molar-refractivity contribution < 1.29 is 9.13 Å². The van der Waals surface area contributed by atoms with Crippen LogP contribution in [-0.4, -0.2) is 6.61 Å². The standard InChI is InChI=1S/C8H7ClFIO/c1-2-12-6-4-3-5(11)7(9)8(6)10/h3-4H,2H2,1H3. The SMILES string of the molecule is CCOc1ccc(I)c(Cl)c1F. The van der Waals surface area contributed by atoms with Crippen molar-refractivity contribution in [2.45, 2.75) is 6.92 Å². The van der Waals surface area contributed by atoms with E-state index in [0.717, 1.165) is 0 Å². The average Bonchev–Trinajstić information content (AvgIpc) is 2.07. The van der Waals surface area contributed by atoms with Crippen molar-refractivity contribution in [1.82, 2.24) is 0 Å². The van der Waals surface area contributed by atoms with Crippen LogP contribution in [-0.2, 0) is 0 Å². The zero-order valence-corrected chi connectivity index (χ0v) is 9.32. The van der Waals surface area contributed by atoms with Crippen LogP contribution < -0.4 is 4.74 Å². The summed E-state index contributed by atoms with van der Waals surface area (Å²) in [4.78, 5) is 0. The first-order valence-corrected chi connectivity index (χ1v) is 4.88. The lowest BCUT2D eigenvalue weighted by Gasteiger charge is -2.05. The topological polar surface area (TPSA) is 9.23 Å². The van der Waals surface area contributed by atoms with E-state index in [1.807, 2.05) is 22.6 Å². The van der Waals surface area contributed by atoms with Gasteiger partial charge in [0.1, 0.15) is 0 Å². The van der Waals surface area contributed by atoms with Crippen molar-refractivity contribution in [2.75, 3.05) is 6.61 Å². The minimum absolute atomic E-state index is 0.126. The maximum atomic E-state index is 13.2. The van der Waals surface area contributed by atoms with E-state index in [9.17, 15) is 4.39 Å². The second kappa shape index (κ2) is 4.28. The molecule has 0 radical (unpaired) electrons. The summed E-state index contributed by atoms with van der Waals surface area (Å²) in [7, 11) is 0. The number of benzene rings is 1. The highest BCUT2D eigenvalue weighted by molar-refractivity contribution is 14.1. The zero-order valence-electron chi connectivity index (χ0n) is 6.40. The van der Waals surface area contributed by atoms with Gasteiger partial charge in [-0.1, -0.05) is 11.6 Å². The van der Waals surface area contributed by atoms with E-state index >= 15 is 0 Å². The minimum atomic E-state index is -0.481. The maximum absolute atomic E-state index is 13.2. The van der Waals surface area contributed by atoms with Gasteiger partial charge in [0.15, 0.2) is 11.6 Å². The molecule has 0 heterocycles. The molecule has 1 rings (SSSR count). The van der Waals surface area contributed by atoms with Crippen LogP contribution in [0.5, 0.6) is 5.75 Å². The second-order valence-electron chi connectivity index (χ2n) is 2.11. The molecule has 1 nitrogen and oxygen atoms in total. The summed E-state index contributed by atoms with van der Waals surface area (Å²) >= 11 is 7.62. The zero-order chi connectivity index (χ0) is 9.14. The van der Waals surface area contributed by atoms with Crippen LogP contribution in [0.15, 0.2) is 12.1 Å². The Morgan fingerprint density at radius 2 is 2.25 bits per heavy atom. The third-order valence-corrected chi connectivity index (χ3v) is 2.89. The Morgan fingerprint density at radius 1 is 1.58 bits per heavy atom. The molecule has 0 unspecified atom stereocenters. The molecule has 0 aliphatic carbocycles. The molecule has 0 spiro atoms. The predicted octanol–water partition coefficient (Wildman–Crippen LogP) is 3.48. The fraction of sp³-hybridized carbons (Fsp3) is 0.250. The Bertz CT molecular complexity index is 291. The molecule has 0 saturated carbocycles. The predicted molar refractivity (Wildman–Crippen MR) is 55.3 cm³/mol. The molecule has 4 heteroatoms. The van der Waals surface area contributed by atoms with Gasteiger partial charge in [0.2, 0.25) is 0 Å². The molecule has 0 aromatic heterocycles. The van der Waals surface area contributed by atoms with E-state index in [2.05, 4.69) is 0 Å². The summed E-state index contributed by atoms with van der Waals surface area (Å²) < 4.78 is 18.9. The third-order valence-electron chi connectivity index (χ3n) is 1.30. The number of rotatable bonds is 2. The smallest absolute Gasteiger partial charge is 0.184 e. The summed E-state index contributed by atoms with van der Waals surface area (Å²) in [5, 5.41) is 0.126. The van der Waals surface area contributed by atoms with Crippen molar-refractivity contribution in [2.24, 2.45) is 0 Å². The lowest BCUT2D eigenvalue weighted by molar-refractivity contribution is 0.321.